The lowest BCUT2D eigenvalue weighted by Crippen LogP contribution is -1.99. The Morgan fingerprint density at radius 1 is 0.857 bits per heavy atom. The number of imidazole rings is 1. The molecule has 0 spiro atoms. The number of hydrogen-bond acceptors (Lipinski definition) is 2. The summed E-state index contributed by atoms with van der Waals surface area (Å²) in [6, 6.07) is 25.3. The molecule has 0 amide bonds. The van der Waals surface area contributed by atoms with Gasteiger partial charge in [-0.3, -0.25) is 4.99 Å². The predicted molar refractivity (Wildman–Crippen MR) is 119 cm³/mol. The predicted octanol–water partition coefficient (Wildman–Crippen LogP) is 5.98. The molecule has 28 heavy (non-hydrogen) atoms. The van der Waals surface area contributed by atoms with Gasteiger partial charge in [-0.25, -0.2) is 4.98 Å². The van der Waals surface area contributed by atoms with Crippen LogP contribution in [0, 0.1) is 5.92 Å². The molecule has 1 heterocycles. The van der Waals surface area contributed by atoms with E-state index in [1.807, 2.05) is 18.3 Å². The van der Waals surface area contributed by atoms with Crippen LogP contribution in [0.5, 0.6) is 0 Å². The van der Waals surface area contributed by atoms with E-state index in [4.69, 9.17) is 4.98 Å². The van der Waals surface area contributed by atoms with Crippen LogP contribution >= 0.6 is 0 Å². The molecule has 3 aromatic carbocycles. The number of aliphatic imine (C=N–C) groups is 1. The maximum absolute atomic E-state index is 4.99. The zero-order chi connectivity index (χ0) is 19.5. The Labute approximate surface area is 166 Å². The molecule has 0 N–H and O–H groups in total. The summed E-state index contributed by atoms with van der Waals surface area (Å²) in [5.74, 6) is 1.42. The number of rotatable bonds is 5. The quantitative estimate of drug-likeness (QED) is 0.399. The molecule has 3 nitrogen and oxygen atoms in total. The molecule has 0 unspecified atom stereocenters. The maximum Gasteiger partial charge on any atom is 0.151 e. The summed E-state index contributed by atoms with van der Waals surface area (Å²) in [5.41, 5.74) is 6.86. The zero-order valence-electron chi connectivity index (χ0n) is 16.6. The Hall–Kier alpha value is -3.20. The van der Waals surface area contributed by atoms with E-state index >= 15 is 0 Å². The average Bonchev–Trinajstić information content (AvgIpc) is 3.05. The Kier molecular flexibility index (Phi) is 5.07. The van der Waals surface area contributed by atoms with Gasteiger partial charge in [-0.15, -0.1) is 0 Å². The van der Waals surface area contributed by atoms with Crippen molar-refractivity contribution in [1.29, 1.82) is 0 Å². The Balaban J connectivity index is 1.95. The lowest BCUT2D eigenvalue weighted by atomic mass is 9.98. The van der Waals surface area contributed by atoms with Crippen molar-refractivity contribution in [3.63, 3.8) is 0 Å². The summed E-state index contributed by atoms with van der Waals surface area (Å²) < 4.78 is 2.16. The first kappa shape index (κ1) is 18.2. The van der Waals surface area contributed by atoms with E-state index in [1.54, 1.807) is 0 Å². The van der Waals surface area contributed by atoms with Crippen LogP contribution in [0.1, 0.15) is 19.7 Å². The highest BCUT2D eigenvalue weighted by atomic mass is 15.1. The van der Waals surface area contributed by atoms with E-state index in [0.717, 1.165) is 29.0 Å². The molecule has 0 bridgehead atoms. The van der Waals surface area contributed by atoms with E-state index in [1.165, 1.54) is 16.7 Å². The van der Waals surface area contributed by atoms with Crippen molar-refractivity contribution in [2.24, 2.45) is 18.0 Å². The number of aromatic nitrogens is 2. The van der Waals surface area contributed by atoms with Crippen LogP contribution < -0.4 is 0 Å². The third kappa shape index (κ3) is 3.48. The van der Waals surface area contributed by atoms with Gasteiger partial charge in [0.15, 0.2) is 5.82 Å². The van der Waals surface area contributed by atoms with Crippen LogP contribution in [0.25, 0.3) is 33.3 Å². The molecule has 4 aromatic rings. The molecule has 0 radical (unpaired) electrons. The molecule has 1 aromatic heterocycles. The number of nitrogens with zero attached hydrogens (tertiary/aromatic N) is 3. The molecule has 0 saturated heterocycles. The second-order valence-electron chi connectivity index (χ2n) is 7.51. The van der Waals surface area contributed by atoms with Crippen molar-refractivity contribution >= 4 is 17.2 Å². The van der Waals surface area contributed by atoms with E-state index < -0.39 is 0 Å². The van der Waals surface area contributed by atoms with Crippen molar-refractivity contribution in [2.45, 2.75) is 13.8 Å². The standard InChI is InChI=1S/C25H25N3/c1-18(2)16-26-17-23-27-24-21(19-10-6-4-7-11-19)14-15-22(25(24)28(23)3)20-12-8-5-9-13-20/h4-15,17-18H,16H2,1-3H3. The summed E-state index contributed by atoms with van der Waals surface area (Å²) >= 11 is 0. The smallest absolute Gasteiger partial charge is 0.151 e. The third-order valence-corrected chi connectivity index (χ3v) is 4.90. The minimum Gasteiger partial charge on any atom is -0.326 e. The average molecular weight is 367 g/mol. The highest BCUT2D eigenvalue weighted by Gasteiger charge is 2.16. The summed E-state index contributed by atoms with van der Waals surface area (Å²) in [6.45, 7) is 5.15. The summed E-state index contributed by atoms with van der Waals surface area (Å²) in [5, 5.41) is 0. The number of benzene rings is 3. The summed E-state index contributed by atoms with van der Waals surface area (Å²) in [6.07, 6.45) is 1.91. The molecule has 3 heteroatoms. The lowest BCUT2D eigenvalue weighted by molar-refractivity contribution is 0.666. The van der Waals surface area contributed by atoms with Gasteiger partial charge in [0.05, 0.1) is 17.2 Å². The lowest BCUT2D eigenvalue weighted by Gasteiger charge is -2.10. The minimum absolute atomic E-state index is 0.533. The third-order valence-electron chi connectivity index (χ3n) is 4.90. The molecule has 0 atom stereocenters. The molecule has 0 aliphatic heterocycles. The largest absolute Gasteiger partial charge is 0.326 e. The normalized spacial score (nSPS) is 11.7. The maximum atomic E-state index is 4.99. The van der Waals surface area contributed by atoms with Gasteiger partial charge in [0, 0.05) is 24.7 Å². The summed E-state index contributed by atoms with van der Waals surface area (Å²) in [7, 11) is 2.08. The van der Waals surface area contributed by atoms with Crippen LogP contribution in [0.4, 0.5) is 0 Å². The molecule has 4 rings (SSSR count). The van der Waals surface area contributed by atoms with Crippen LogP contribution in [0.2, 0.25) is 0 Å². The van der Waals surface area contributed by atoms with Gasteiger partial charge in [0.1, 0.15) is 0 Å². The SMILES string of the molecule is CC(C)CN=Cc1nc2c(-c3ccccc3)ccc(-c3ccccc3)c2n1C. The fraction of sp³-hybridized carbons (Fsp3) is 0.200. The van der Waals surface area contributed by atoms with E-state index in [-0.39, 0.29) is 0 Å². The fourth-order valence-electron chi connectivity index (χ4n) is 3.50. The van der Waals surface area contributed by atoms with Crippen LogP contribution in [-0.2, 0) is 7.05 Å². The van der Waals surface area contributed by atoms with E-state index in [9.17, 15) is 0 Å². The van der Waals surface area contributed by atoms with Crippen LogP contribution in [0.3, 0.4) is 0 Å². The number of hydrogen-bond donors (Lipinski definition) is 0. The van der Waals surface area contributed by atoms with E-state index in [0.29, 0.717) is 5.92 Å². The van der Waals surface area contributed by atoms with Gasteiger partial charge < -0.3 is 4.57 Å². The van der Waals surface area contributed by atoms with E-state index in [2.05, 4.69) is 91.1 Å². The van der Waals surface area contributed by atoms with Crippen molar-refractivity contribution in [3.05, 3.63) is 78.6 Å². The van der Waals surface area contributed by atoms with Gasteiger partial charge in [0.2, 0.25) is 0 Å². The van der Waals surface area contributed by atoms with Crippen molar-refractivity contribution in [2.75, 3.05) is 6.54 Å². The molecular weight excluding hydrogens is 342 g/mol. The zero-order valence-corrected chi connectivity index (χ0v) is 16.6. The minimum atomic E-state index is 0.533. The van der Waals surface area contributed by atoms with Gasteiger partial charge in [-0.2, -0.15) is 0 Å². The highest BCUT2D eigenvalue weighted by Crippen LogP contribution is 2.35. The van der Waals surface area contributed by atoms with Crippen molar-refractivity contribution in [3.8, 4) is 22.3 Å². The first-order valence-electron chi connectivity index (χ1n) is 9.75. The monoisotopic (exact) mass is 367 g/mol. The van der Waals surface area contributed by atoms with Gasteiger partial charge in [-0.05, 0) is 17.0 Å². The Morgan fingerprint density at radius 2 is 1.43 bits per heavy atom. The molecule has 140 valence electrons. The number of aryl methyl sites for hydroxylation is 1. The Morgan fingerprint density at radius 3 is 2.04 bits per heavy atom. The molecule has 0 fully saturated rings. The van der Waals surface area contributed by atoms with Gasteiger partial charge >= 0.3 is 0 Å². The van der Waals surface area contributed by atoms with Crippen LogP contribution in [-0.4, -0.2) is 22.3 Å². The first-order valence-corrected chi connectivity index (χ1v) is 9.75. The highest BCUT2D eigenvalue weighted by molar-refractivity contribution is 6.03. The molecule has 0 saturated carbocycles. The second kappa shape index (κ2) is 7.81. The second-order valence-corrected chi connectivity index (χ2v) is 7.51. The number of fused-ring (bicyclic) bond motifs is 1. The van der Waals surface area contributed by atoms with Crippen LogP contribution in [0.15, 0.2) is 77.8 Å². The fourth-order valence-corrected chi connectivity index (χ4v) is 3.50. The molecule has 0 aliphatic carbocycles. The summed E-state index contributed by atoms with van der Waals surface area (Å²) in [4.78, 5) is 9.58. The van der Waals surface area contributed by atoms with Gasteiger partial charge in [0.25, 0.3) is 0 Å². The van der Waals surface area contributed by atoms with Crippen molar-refractivity contribution < 1.29 is 0 Å². The Bertz CT molecular complexity index is 1110. The van der Waals surface area contributed by atoms with Gasteiger partial charge in [-0.1, -0.05) is 86.6 Å². The molecule has 0 aliphatic rings. The van der Waals surface area contributed by atoms with Crippen molar-refractivity contribution in [1.82, 2.24) is 9.55 Å². The molecular formula is C25H25N3. The topological polar surface area (TPSA) is 30.2 Å². The first-order chi connectivity index (χ1) is 13.6.